The minimum absolute atomic E-state index is 0.285. The van der Waals surface area contributed by atoms with Crippen LogP contribution in [0.15, 0.2) is 103 Å². The Bertz CT molecular complexity index is 1360. The second kappa shape index (κ2) is 9.57. The number of fused-ring (bicyclic) bond motifs is 1. The number of Topliss-reactive ketones (excluding diaryl/α,β-unsaturated/α-hetero) is 1. The number of carbonyl (C=O) groups excluding carboxylic acids is 1. The van der Waals surface area contributed by atoms with Gasteiger partial charge in [-0.25, -0.2) is 0 Å². The van der Waals surface area contributed by atoms with Gasteiger partial charge in [0.2, 0.25) is 0 Å². The van der Waals surface area contributed by atoms with Crippen LogP contribution >= 0.6 is 7.44 Å². The van der Waals surface area contributed by atoms with Crippen molar-refractivity contribution in [3.05, 3.63) is 109 Å². The predicted octanol–water partition coefficient (Wildman–Crippen LogP) is 6.72. The van der Waals surface area contributed by atoms with E-state index in [0.717, 1.165) is 27.7 Å². The van der Waals surface area contributed by atoms with Crippen molar-refractivity contribution < 1.29 is 9.36 Å². The van der Waals surface area contributed by atoms with E-state index in [9.17, 15) is 4.79 Å². The zero-order chi connectivity index (χ0) is 24.5. The molecule has 6 heteroatoms. The molecule has 0 N–H and O–H groups in total. The second-order valence-corrected chi connectivity index (χ2v) is 12.2. The average molecular weight is 496 g/mol. The molecule has 2 saturated heterocycles. The summed E-state index contributed by atoms with van der Waals surface area (Å²) in [6.07, 6.45) is 0.996. The average Bonchev–Trinajstić information content (AvgIpc) is 3.28. The first-order valence-electron chi connectivity index (χ1n) is 12.7. The first-order chi connectivity index (χ1) is 17.7. The molecule has 0 spiro atoms. The maximum absolute atomic E-state index is 15.9. The monoisotopic (exact) mass is 495 g/mol. The first-order valence-corrected chi connectivity index (χ1v) is 14.3. The number of para-hydroxylation sites is 2. The van der Waals surface area contributed by atoms with Crippen LogP contribution in [0, 0.1) is 0 Å². The molecule has 2 aliphatic rings. The molecule has 1 unspecified atom stereocenters. The van der Waals surface area contributed by atoms with Crippen LogP contribution in [0.4, 0.5) is 11.4 Å². The molecule has 0 bridgehead atoms. The lowest BCUT2D eigenvalue weighted by atomic mass is 10.0. The molecule has 36 heavy (non-hydrogen) atoms. The van der Waals surface area contributed by atoms with E-state index in [2.05, 4.69) is 74.9 Å². The van der Waals surface area contributed by atoms with Gasteiger partial charge in [-0.3, -0.25) is 14.3 Å². The van der Waals surface area contributed by atoms with E-state index < -0.39 is 7.44 Å². The smallest absolute Gasteiger partial charge is 0.284 e. The summed E-state index contributed by atoms with van der Waals surface area (Å²) >= 11 is 0. The van der Waals surface area contributed by atoms with Crippen molar-refractivity contribution in [2.24, 2.45) is 0 Å². The van der Waals surface area contributed by atoms with E-state index in [0.29, 0.717) is 39.0 Å². The maximum Gasteiger partial charge on any atom is 0.284 e. The third-order valence-electron chi connectivity index (χ3n) is 7.45. The summed E-state index contributed by atoms with van der Waals surface area (Å²) in [5.41, 5.74) is 3.00. The Morgan fingerprint density at radius 3 is 1.75 bits per heavy atom. The highest BCUT2D eigenvalue weighted by atomic mass is 31.2. The van der Waals surface area contributed by atoms with Gasteiger partial charge >= 0.3 is 0 Å². The molecule has 1 atom stereocenters. The fourth-order valence-corrected chi connectivity index (χ4v) is 9.46. The molecule has 4 aromatic rings. The lowest BCUT2D eigenvalue weighted by Crippen LogP contribution is -2.40. The lowest BCUT2D eigenvalue weighted by molar-refractivity contribution is -0.121. The Hall–Kier alpha value is -3.40. The molecule has 0 aliphatic carbocycles. The molecule has 0 saturated carbocycles. The molecular weight excluding hydrogens is 465 g/mol. The van der Waals surface area contributed by atoms with Crippen molar-refractivity contribution in [1.82, 2.24) is 4.90 Å². The zero-order valence-corrected chi connectivity index (χ0v) is 21.1. The molecule has 0 amide bonds. The van der Waals surface area contributed by atoms with Crippen LogP contribution in [0.1, 0.15) is 24.2 Å². The first kappa shape index (κ1) is 23.0. The summed E-state index contributed by atoms with van der Waals surface area (Å²) in [4.78, 5) is 14.5. The number of hydrogen-bond acceptors (Lipinski definition) is 3. The number of carbonyl (C=O) groups is 1. The van der Waals surface area contributed by atoms with E-state index >= 15 is 4.57 Å². The largest absolute Gasteiger partial charge is 0.304 e. The normalized spacial score (nSPS) is 19.1. The number of likely N-dealkylation sites (tertiary alicyclic amines) is 1. The molecular formula is C30H30N3O2P. The molecule has 5 nitrogen and oxygen atoms in total. The van der Waals surface area contributed by atoms with E-state index in [1.165, 1.54) is 0 Å². The summed E-state index contributed by atoms with van der Waals surface area (Å²) in [5.74, 6) is -0.0907. The zero-order valence-electron chi connectivity index (χ0n) is 20.2. The molecule has 2 heterocycles. The van der Waals surface area contributed by atoms with Crippen LogP contribution in [-0.2, 0) is 9.36 Å². The van der Waals surface area contributed by atoms with E-state index in [1.807, 2.05) is 42.5 Å². The topological polar surface area (TPSA) is 43.9 Å². The minimum atomic E-state index is -3.28. The predicted molar refractivity (Wildman–Crippen MR) is 148 cm³/mol. The van der Waals surface area contributed by atoms with Crippen molar-refractivity contribution in [2.75, 3.05) is 35.5 Å². The van der Waals surface area contributed by atoms with Crippen LogP contribution < -0.4 is 9.34 Å². The third kappa shape index (κ3) is 3.93. The van der Waals surface area contributed by atoms with E-state index in [4.69, 9.17) is 0 Å². The Morgan fingerprint density at radius 2 is 1.14 bits per heavy atom. The Morgan fingerprint density at radius 1 is 0.611 bits per heavy atom. The molecule has 6 rings (SSSR count). The highest BCUT2D eigenvalue weighted by Crippen LogP contribution is 2.70. The SMILES string of the molecule is O=C1CCN(C(c2cccc3ccccc23)P2(=O)N(c3ccccc3)CCN2c2ccccc2)CC1. The van der Waals surface area contributed by atoms with Gasteiger partial charge in [0.15, 0.2) is 0 Å². The number of hydrogen-bond donors (Lipinski definition) is 0. The van der Waals surface area contributed by atoms with Crippen LogP contribution in [0.25, 0.3) is 10.8 Å². The van der Waals surface area contributed by atoms with Crippen molar-refractivity contribution in [1.29, 1.82) is 0 Å². The van der Waals surface area contributed by atoms with Gasteiger partial charge in [0.05, 0.1) is 0 Å². The fraction of sp³-hybridized carbons (Fsp3) is 0.233. The van der Waals surface area contributed by atoms with Gasteiger partial charge in [0.1, 0.15) is 11.6 Å². The highest BCUT2D eigenvalue weighted by Gasteiger charge is 2.52. The van der Waals surface area contributed by atoms with Gasteiger partial charge in [-0.15, -0.1) is 0 Å². The summed E-state index contributed by atoms with van der Waals surface area (Å²) in [6.45, 7) is 2.57. The maximum atomic E-state index is 15.9. The summed E-state index contributed by atoms with van der Waals surface area (Å²) < 4.78 is 20.2. The number of nitrogens with zero attached hydrogens (tertiary/aromatic N) is 3. The van der Waals surface area contributed by atoms with Gasteiger partial charge in [-0.05, 0) is 40.6 Å². The van der Waals surface area contributed by atoms with Crippen LogP contribution in [-0.4, -0.2) is 36.9 Å². The van der Waals surface area contributed by atoms with Gasteiger partial charge in [-0.2, -0.15) is 0 Å². The number of benzene rings is 4. The van der Waals surface area contributed by atoms with Crippen molar-refractivity contribution in [2.45, 2.75) is 18.6 Å². The highest BCUT2D eigenvalue weighted by molar-refractivity contribution is 7.67. The molecule has 2 aliphatic heterocycles. The second-order valence-electron chi connectivity index (χ2n) is 9.52. The van der Waals surface area contributed by atoms with Gasteiger partial charge in [0.25, 0.3) is 7.44 Å². The quantitative estimate of drug-likeness (QED) is 0.288. The third-order valence-corrected chi connectivity index (χ3v) is 10.9. The van der Waals surface area contributed by atoms with Crippen LogP contribution in [0.3, 0.4) is 0 Å². The number of piperidine rings is 1. The summed E-state index contributed by atoms with van der Waals surface area (Å²) in [5, 5.41) is 2.25. The molecule has 0 radical (unpaired) electrons. The molecule has 182 valence electrons. The van der Waals surface area contributed by atoms with Crippen LogP contribution in [0.2, 0.25) is 0 Å². The lowest BCUT2D eigenvalue weighted by Gasteiger charge is -2.44. The Balaban J connectivity index is 1.59. The summed E-state index contributed by atoms with van der Waals surface area (Å²) in [6, 6.07) is 34.9. The summed E-state index contributed by atoms with van der Waals surface area (Å²) in [7, 11) is -3.28. The van der Waals surface area contributed by atoms with E-state index in [-0.39, 0.29) is 11.6 Å². The van der Waals surface area contributed by atoms with Gasteiger partial charge in [-0.1, -0.05) is 78.9 Å². The van der Waals surface area contributed by atoms with Gasteiger partial charge in [0, 0.05) is 50.4 Å². The number of anilines is 2. The van der Waals surface area contributed by atoms with E-state index in [1.54, 1.807) is 0 Å². The Kier molecular flexibility index (Phi) is 6.12. The fourth-order valence-electron chi connectivity index (χ4n) is 5.74. The number of rotatable bonds is 5. The molecule has 4 aromatic carbocycles. The standard InChI is InChI=1S/C30H30N3O2P/c34-27-18-20-31(21-19-27)30(29-17-9-11-24-10-7-8-16-28(24)29)36(35)32(25-12-3-1-4-13-25)22-23-33(36)26-14-5-2-6-15-26/h1-17,30H,18-23H2. The number of ketones is 1. The van der Waals surface area contributed by atoms with Crippen LogP contribution in [0.5, 0.6) is 0 Å². The van der Waals surface area contributed by atoms with Crippen molar-refractivity contribution >= 4 is 35.4 Å². The minimum Gasteiger partial charge on any atom is -0.304 e. The van der Waals surface area contributed by atoms with Crippen molar-refractivity contribution in [3.63, 3.8) is 0 Å². The van der Waals surface area contributed by atoms with Gasteiger partial charge < -0.3 is 9.34 Å². The molecule has 0 aromatic heterocycles. The molecule has 2 fully saturated rings. The van der Waals surface area contributed by atoms with Crippen molar-refractivity contribution in [3.8, 4) is 0 Å². The Labute approximate surface area is 212 Å².